The molecule has 166 valence electrons. The normalized spacial score (nSPS) is 11.9. The quantitative estimate of drug-likeness (QED) is 0.703. The van der Waals surface area contributed by atoms with Crippen LogP contribution in [0.15, 0.2) is 54.6 Å². The van der Waals surface area contributed by atoms with Crippen LogP contribution in [0.1, 0.15) is 26.3 Å². The van der Waals surface area contributed by atoms with Gasteiger partial charge in [-0.25, -0.2) is 9.69 Å². The van der Waals surface area contributed by atoms with Gasteiger partial charge in [0, 0.05) is 0 Å². The number of nitrogens with one attached hydrogen (secondary N) is 1. The van der Waals surface area contributed by atoms with Crippen molar-refractivity contribution >= 4 is 23.6 Å². The second kappa shape index (κ2) is 10.6. The van der Waals surface area contributed by atoms with E-state index in [-0.39, 0.29) is 0 Å². The van der Waals surface area contributed by atoms with E-state index in [4.69, 9.17) is 15.2 Å². The van der Waals surface area contributed by atoms with Crippen molar-refractivity contribution in [2.75, 3.05) is 18.6 Å². The summed E-state index contributed by atoms with van der Waals surface area (Å²) in [6.07, 6.45) is -0.514. The lowest BCUT2D eigenvalue weighted by molar-refractivity contribution is -0.125. The second-order valence-corrected chi connectivity index (χ2v) is 7.92. The van der Waals surface area contributed by atoms with Gasteiger partial charge in [-0.15, -0.1) is 0 Å². The summed E-state index contributed by atoms with van der Waals surface area (Å²) < 4.78 is 10.5. The van der Waals surface area contributed by atoms with Crippen molar-refractivity contribution in [2.24, 2.45) is 5.73 Å². The first-order valence-corrected chi connectivity index (χ1v) is 9.88. The number of benzene rings is 2. The highest BCUT2D eigenvalue weighted by molar-refractivity contribution is 6.13. The smallest absolute Gasteiger partial charge is 0.421 e. The molecular formula is C23H29N3O5. The van der Waals surface area contributed by atoms with Crippen molar-refractivity contribution in [1.29, 1.82) is 0 Å². The van der Waals surface area contributed by atoms with Crippen molar-refractivity contribution in [2.45, 2.75) is 38.8 Å². The Hall–Kier alpha value is -3.39. The third-order valence-electron chi connectivity index (χ3n) is 4.21. The van der Waals surface area contributed by atoms with Crippen LogP contribution in [0.25, 0.3) is 0 Å². The maximum Gasteiger partial charge on any atom is 0.421 e. The molecule has 0 aromatic heterocycles. The highest BCUT2D eigenvalue weighted by Crippen LogP contribution is 2.22. The van der Waals surface area contributed by atoms with Gasteiger partial charge >= 0.3 is 6.09 Å². The van der Waals surface area contributed by atoms with E-state index in [1.54, 1.807) is 45.0 Å². The second-order valence-electron chi connectivity index (χ2n) is 7.92. The van der Waals surface area contributed by atoms with Crippen LogP contribution in [-0.4, -0.2) is 43.2 Å². The Morgan fingerprint density at radius 1 is 1.03 bits per heavy atom. The van der Waals surface area contributed by atoms with Crippen molar-refractivity contribution in [3.8, 4) is 5.75 Å². The van der Waals surface area contributed by atoms with Crippen LogP contribution in [0.2, 0.25) is 0 Å². The molecule has 0 spiro atoms. The summed E-state index contributed by atoms with van der Waals surface area (Å²) in [4.78, 5) is 38.8. The molecule has 3 amide bonds. The van der Waals surface area contributed by atoms with E-state index in [9.17, 15) is 14.4 Å². The number of nitrogens with two attached hydrogens (primary N) is 1. The minimum atomic E-state index is -0.842. The Bertz CT molecular complexity index is 892. The van der Waals surface area contributed by atoms with Gasteiger partial charge in [-0.2, -0.15) is 0 Å². The summed E-state index contributed by atoms with van der Waals surface area (Å²) in [7, 11) is 1.51. The lowest BCUT2D eigenvalue weighted by atomic mass is 10.1. The minimum Gasteiger partial charge on any atom is -0.497 e. The Labute approximate surface area is 182 Å². The van der Waals surface area contributed by atoms with Gasteiger partial charge in [-0.05, 0) is 57.0 Å². The van der Waals surface area contributed by atoms with Gasteiger partial charge in [-0.1, -0.05) is 30.3 Å². The number of hydrogen-bond acceptors (Lipinski definition) is 6. The number of methoxy groups -OCH3 is 1. The molecular weight excluding hydrogens is 398 g/mol. The molecule has 8 heteroatoms. The third kappa shape index (κ3) is 7.42. The molecule has 0 aliphatic heterocycles. The summed E-state index contributed by atoms with van der Waals surface area (Å²) in [6.45, 7) is 4.69. The fourth-order valence-corrected chi connectivity index (χ4v) is 2.72. The van der Waals surface area contributed by atoms with E-state index in [2.05, 4.69) is 5.32 Å². The number of nitrogens with zero attached hydrogens (tertiary/aromatic N) is 1. The van der Waals surface area contributed by atoms with Crippen LogP contribution in [0, 0.1) is 0 Å². The molecule has 2 rings (SSSR count). The zero-order chi connectivity index (χ0) is 23.0. The van der Waals surface area contributed by atoms with Crippen molar-refractivity contribution in [3.63, 3.8) is 0 Å². The first-order chi connectivity index (χ1) is 14.6. The number of hydrogen-bond donors (Lipinski definition) is 2. The van der Waals surface area contributed by atoms with Gasteiger partial charge in [0.15, 0.2) is 0 Å². The molecule has 8 nitrogen and oxygen atoms in total. The van der Waals surface area contributed by atoms with Crippen molar-refractivity contribution < 1.29 is 23.9 Å². The first kappa shape index (κ1) is 23.9. The topological polar surface area (TPSA) is 111 Å². The zero-order valence-corrected chi connectivity index (χ0v) is 18.3. The molecule has 0 saturated heterocycles. The van der Waals surface area contributed by atoms with E-state index >= 15 is 0 Å². The molecule has 1 atom stereocenters. The Kier molecular flexibility index (Phi) is 8.15. The number of anilines is 1. The van der Waals surface area contributed by atoms with Gasteiger partial charge in [0.05, 0.1) is 25.4 Å². The first-order valence-electron chi connectivity index (χ1n) is 9.88. The molecule has 0 heterocycles. The lowest BCUT2D eigenvalue weighted by Crippen LogP contribution is -2.49. The van der Waals surface area contributed by atoms with Crippen molar-refractivity contribution in [3.05, 3.63) is 60.2 Å². The maximum atomic E-state index is 12.8. The van der Waals surface area contributed by atoms with E-state index in [0.717, 1.165) is 10.5 Å². The highest BCUT2D eigenvalue weighted by atomic mass is 16.6. The number of imide groups is 1. The van der Waals surface area contributed by atoms with Gasteiger partial charge < -0.3 is 20.5 Å². The standard InChI is InChI=1S/C23H29N3O5/c1-23(2,3)31-22(29)26(17-10-12-18(30-4)13-11-17)20(27)15-25-21(28)19(24)14-16-8-6-5-7-9-16/h5-13,19H,14-15,24H2,1-4H3,(H,25,28)/t19-/m0/s1. The van der Waals surface area contributed by atoms with E-state index in [1.807, 2.05) is 30.3 Å². The third-order valence-corrected chi connectivity index (χ3v) is 4.21. The van der Waals surface area contributed by atoms with Crippen molar-refractivity contribution in [1.82, 2.24) is 5.32 Å². The Morgan fingerprint density at radius 3 is 2.19 bits per heavy atom. The van der Waals surface area contributed by atoms with E-state index in [0.29, 0.717) is 17.9 Å². The summed E-state index contributed by atoms with van der Waals surface area (Å²) in [6, 6.07) is 14.9. The number of ether oxygens (including phenoxy) is 2. The fraction of sp³-hybridized carbons (Fsp3) is 0.348. The molecule has 0 radical (unpaired) electrons. The summed E-state index contributed by atoms with van der Waals surface area (Å²) in [5.74, 6) is -0.573. The molecule has 0 aliphatic carbocycles. The van der Waals surface area contributed by atoms with Gasteiger partial charge in [0.25, 0.3) is 5.91 Å². The Morgan fingerprint density at radius 2 is 1.65 bits per heavy atom. The molecule has 0 bridgehead atoms. The summed E-state index contributed by atoms with van der Waals surface area (Å²) >= 11 is 0. The van der Waals surface area contributed by atoms with Crippen LogP contribution in [0.3, 0.4) is 0 Å². The van der Waals surface area contributed by atoms with Crippen LogP contribution in [0.5, 0.6) is 5.75 Å². The molecule has 2 aromatic carbocycles. The number of carbonyl (C=O) groups is 3. The zero-order valence-electron chi connectivity index (χ0n) is 18.3. The molecule has 31 heavy (non-hydrogen) atoms. The number of carbonyl (C=O) groups excluding carboxylic acids is 3. The Balaban J connectivity index is 2.09. The van der Waals surface area contributed by atoms with Crippen LogP contribution in [-0.2, 0) is 20.7 Å². The number of rotatable bonds is 7. The predicted octanol–water partition coefficient (Wildman–Crippen LogP) is 2.65. The molecule has 3 N–H and O–H groups in total. The average molecular weight is 428 g/mol. The fourth-order valence-electron chi connectivity index (χ4n) is 2.72. The van der Waals surface area contributed by atoms with E-state index < -0.39 is 36.1 Å². The largest absolute Gasteiger partial charge is 0.497 e. The monoisotopic (exact) mass is 427 g/mol. The molecule has 0 fully saturated rings. The van der Waals surface area contributed by atoms with Crippen LogP contribution < -0.4 is 20.7 Å². The summed E-state index contributed by atoms with van der Waals surface area (Å²) in [5, 5.41) is 2.51. The lowest BCUT2D eigenvalue weighted by Gasteiger charge is -2.26. The number of amides is 3. The van der Waals surface area contributed by atoms with Crippen LogP contribution in [0.4, 0.5) is 10.5 Å². The molecule has 0 aliphatic rings. The maximum absolute atomic E-state index is 12.8. The van der Waals surface area contributed by atoms with Gasteiger partial charge in [-0.3, -0.25) is 9.59 Å². The highest BCUT2D eigenvalue weighted by Gasteiger charge is 2.29. The van der Waals surface area contributed by atoms with Gasteiger partial charge in [0.2, 0.25) is 5.91 Å². The predicted molar refractivity (Wildman–Crippen MR) is 118 cm³/mol. The van der Waals surface area contributed by atoms with E-state index in [1.165, 1.54) is 7.11 Å². The molecule has 0 saturated carbocycles. The molecule has 2 aromatic rings. The van der Waals surface area contributed by atoms with Crippen LogP contribution >= 0.6 is 0 Å². The van der Waals surface area contributed by atoms with Gasteiger partial charge in [0.1, 0.15) is 11.4 Å². The summed E-state index contributed by atoms with van der Waals surface area (Å²) in [5.41, 5.74) is 6.35. The SMILES string of the molecule is COc1ccc(N(C(=O)CNC(=O)[C@@H](N)Cc2ccccc2)C(=O)OC(C)(C)C)cc1. The minimum absolute atomic E-state index is 0.294. The molecule has 0 unspecified atom stereocenters. The average Bonchev–Trinajstić information content (AvgIpc) is 2.72.